The number of nitrogens with one attached hydrogen (secondary N) is 1. The first-order valence-electron chi connectivity index (χ1n) is 4.30. The van der Waals surface area contributed by atoms with Crippen LogP contribution in [-0.4, -0.2) is 48.4 Å². The standard InChI is InChI=1S/C9H14N2O4/c1-7(9(14)15)3-4-11(2)8(13)5-10-6-12/h3,6H,4-5H2,1-2H3,(H,10,12)(H,14,15)/b7-3+. The summed E-state index contributed by atoms with van der Waals surface area (Å²) in [5.41, 5.74) is 0.179. The minimum Gasteiger partial charge on any atom is -0.478 e. The van der Waals surface area contributed by atoms with Crippen molar-refractivity contribution in [3.05, 3.63) is 11.6 Å². The zero-order valence-electron chi connectivity index (χ0n) is 8.69. The van der Waals surface area contributed by atoms with E-state index in [2.05, 4.69) is 5.32 Å². The van der Waals surface area contributed by atoms with Gasteiger partial charge in [0.1, 0.15) is 0 Å². The Balaban J connectivity index is 4.07. The quantitative estimate of drug-likeness (QED) is 0.448. The molecule has 2 amide bonds. The van der Waals surface area contributed by atoms with E-state index in [1.807, 2.05) is 0 Å². The Morgan fingerprint density at radius 2 is 2.07 bits per heavy atom. The molecule has 0 bridgehead atoms. The lowest BCUT2D eigenvalue weighted by molar-refractivity contribution is -0.133. The molecule has 0 aliphatic carbocycles. The first-order valence-corrected chi connectivity index (χ1v) is 4.30. The van der Waals surface area contributed by atoms with Gasteiger partial charge in [-0.1, -0.05) is 6.08 Å². The molecule has 0 unspecified atom stereocenters. The number of carboxylic acids is 1. The highest BCUT2D eigenvalue weighted by atomic mass is 16.4. The average Bonchev–Trinajstić information content (AvgIpc) is 2.21. The molecule has 0 fully saturated rings. The molecule has 84 valence electrons. The Morgan fingerprint density at radius 1 is 1.47 bits per heavy atom. The Hall–Kier alpha value is -1.85. The van der Waals surface area contributed by atoms with Gasteiger partial charge in [0.25, 0.3) is 0 Å². The zero-order valence-corrected chi connectivity index (χ0v) is 8.69. The second-order valence-corrected chi connectivity index (χ2v) is 2.97. The van der Waals surface area contributed by atoms with Crippen LogP contribution in [0.1, 0.15) is 6.92 Å². The molecule has 0 saturated heterocycles. The summed E-state index contributed by atoms with van der Waals surface area (Å²) in [6, 6.07) is 0. The van der Waals surface area contributed by atoms with Crippen LogP contribution in [0.15, 0.2) is 11.6 Å². The van der Waals surface area contributed by atoms with E-state index >= 15 is 0 Å². The van der Waals surface area contributed by atoms with Crippen molar-refractivity contribution in [2.75, 3.05) is 20.1 Å². The molecule has 0 aliphatic heterocycles. The van der Waals surface area contributed by atoms with Gasteiger partial charge in [-0.05, 0) is 6.92 Å². The van der Waals surface area contributed by atoms with Gasteiger partial charge >= 0.3 is 5.97 Å². The molecule has 6 nitrogen and oxygen atoms in total. The number of carbonyl (C=O) groups is 3. The van der Waals surface area contributed by atoms with Crippen LogP contribution in [0, 0.1) is 0 Å². The molecule has 0 saturated carbocycles. The topological polar surface area (TPSA) is 86.7 Å². The Kier molecular flexibility index (Phi) is 5.77. The number of carbonyl (C=O) groups excluding carboxylic acids is 2. The highest BCUT2D eigenvalue weighted by molar-refractivity contribution is 5.86. The van der Waals surface area contributed by atoms with Crippen molar-refractivity contribution in [2.24, 2.45) is 0 Å². The summed E-state index contributed by atoms with van der Waals surface area (Å²) in [5.74, 6) is -1.29. The van der Waals surface area contributed by atoms with Gasteiger partial charge in [0.2, 0.25) is 12.3 Å². The fraction of sp³-hybridized carbons (Fsp3) is 0.444. The molecule has 6 heteroatoms. The summed E-state index contributed by atoms with van der Waals surface area (Å²) in [5, 5.41) is 10.8. The van der Waals surface area contributed by atoms with E-state index in [0.29, 0.717) is 6.41 Å². The van der Waals surface area contributed by atoms with E-state index in [-0.39, 0.29) is 24.6 Å². The van der Waals surface area contributed by atoms with Gasteiger partial charge in [-0.3, -0.25) is 9.59 Å². The highest BCUT2D eigenvalue weighted by Crippen LogP contribution is 1.93. The molecule has 0 radical (unpaired) electrons. The van der Waals surface area contributed by atoms with Gasteiger partial charge in [-0.2, -0.15) is 0 Å². The van der Waals surface area contributed by atoms with Crippen LogP contribution in [0.3, 0.4) is 0 Å². The second-order valence-electron chi connectivity index (χ2n) is 2.97. The SMILES string of the molecule is C/C(=C\CN(C)C(=O)CNC=O)C(=O)O. The number of aliphatic carboxylic acids is 1. The summed E-state index contributed by atoms with van der Waals surface area (Å²) >= 11 is 0. The van der Waals surface area contributed by atoms with Crippen molar-refractivity contribution < 1.29 is 19.5 Å². The smallest absolute Gasteiger partial charge is 0.331 e. The van der Waals surface area contributed by atoms with Crippen LogP contribution < -0.4 is 5.32 Å². The van der Waals surface area contributed by atoms with Crippen molar-refractivity contribution in [1.29, 1.82) is 0 Å². The summed E-state index contributed by atoms with van der Waals surface area (Å²) in [6.07, 6.45) is 1.87. The molecule has 0 spiro atoms. The number of likely N-dealkylation sites (N-methyl/N-ethyl adjacent to an activating group) is 1. The number of rotatable bonds is 6. The first-order chi connectivity index (χ1) is 6.99. The first kappa shape index (κ1) is 13.2. The number of carboxylic acid groups (broad SMARTS) is 1. The molecule has 0 aromatic carbocycles. The molecule has 0 aromatic rings. The molecular weight excluding hydrogens is 200 g/mol. The number of amides is 2. The maximum Gasteiger partial charge on any atom is 0.331 e. The molecule has 2 N–H and O–H groups in total. The van der Waals surface area contributed by atoms with Crippen molar-refractivity contribution in [3.63, 3.8) is 0 Å². The average molecular weight is 214 g/mol. The predicted molar refractivity (Wildman–Crippen MR) is 53.1 cm³/mol. The van der Waals surface area contributed by atoms with Crippen LogP contribution in [0.25, 0.3) is 0 Å². The largest absolute Gasteiger partial charge is 0.478 e. The van der Waals surface area contributed by atoms with Crippen LogP contribution in [0.4, 0.5) is 0 Å². The number of nitrogens with zero attached hydrogens (tertiary/aromatic N) is 1. The minimum absolute atomic E-state index is 0.0834. The third-order valence-corrected chi connectivity index (χ3v) is 1.77. The summed E-state index contributed by atoms with van der Waals surface area (Å²) in [6.45, 7) is 1.57. The highest BCUT2D eigenvalue weighted by Gasteiger charge is 2.07. The molecule has 0 heterocycles. The summed E-state index contributed by atoms with van der Waals surface area (Å²) < 4.78 is 0. The Morgan fingerprint density at radius 3 is 2.53 bits per heavy atom. The molecule has 0 rings (SSSR count). The predicted octanol–water partition coefficient (Wildman–Crippen LogP) is -0.778. The van der Waals surface area contributed by atoms with E-state index in [1.54, 1.807) is 0 Å². The number of hydrogen-bond acceptors (Lipinski definition) is 3. The van der Waals surface area contributed by atoms with E-state index in [4.69, 9.17) is 5.11 Å². The summed E-state index contributed by atoms with van der Waals surface area (Å²) in [4.78, 5) is 32.9. The molecule has 15 heavy (non-hydrogen) atoms. The van der Waals surface area contributed by atoms with Crippen LogP contribution in [0.5, 0.6) is 0 Å². The third-order valence-electron chi connectivity index (χ3n) is 1.77. The Bertz CT molecular complexity index is 286. The lowest BCUT2D eigenvalue weighted by Crippen LogP contribution is -2.35. The van der Waals surface area contributed by atoms with Gasteiger partial charge in [0.05, 0.1) is 6.54 Å². The third kappa shape index (κ3) is 5.45. The molecular formula is C9H14N2O4. The monoisotopic (exact) mass is 214 g/mol. The molecule has 0 aliphatic rings. The van der Waals surface area contributed by atoms with Crippen LogP contribution >= 0.6 is 0 Å². The van der Waals surface area contributed by atoms with Gasteiger partial charge in [-0.15, -0.1) is 0 Å². The van der Waals surface area contributed by atoms with E-state index in [1.165, 1.54) is 24.9 Å². The minimum atomic E-state index is -1.01. The van der Waals surface area contributed by atoms with E-state index < -0.39 is 5.97 Å². The fourth-order valence-corrected chi connectivity index (χ4v) is 0.727. The fourth-order valence-electron chi connectivity index (χ4n) is 0.727. The number of hydrogen-bond donors (Lipinski definition) is 2. The normalized spacial score (nSPS) is 10.7. The van der Waals surface area contributed by atoms with Crippen molar-refractivity contribution in [3.8, 4) is 0 Å². The maximum atomic E-state index is 11.2. The van der Waals surface area contributed by atoms with Crippen LogP contribution in [-0.2, 0) is 14.4 Å². The van der Waals surface area contributed by atoms with Gasteiger partial charge in [0, 0.05) is 19.2 Å². The van der Waals surface area contributed by atoms with E-state index in [9.17, 15) is 14.4 Å². The van der Waals surface area contributed by atoms with Gasteiger partial charge in [-0.25, -0.2) is 4.79 Å². The van der Waals surface area contributed by atoms with E-state index in [0.717, 1.165) is 0 Å². The van der Waals surface area contributed by atoms with Crippen LogP contribution in [0.2, 0.25) is 0 Å². The van der Waals surface area contributed by atoms with Crippen molar-refractivity contribution in [2.45, 2.75) is 6.92 Å². The summed E-state index contributed by atoms with van der Waals surface area (Å²) in [7, 11) is 1.53. The Labute approximate surface area is 87.6 Å². The lowest BCUT2D eigenvalue weighted by atomic mass is 10.3. The molecule has 0 atom stereocenters. The zero-order chi connectivity index (χ0) is 11.8. The lowest BCUT2D eigenvalue weighted by Gasteiger charge is -2.14. The van der Waals surface area contributed by atoms with Crippen molar-refractivity contribution >= 4 is 18.3 Å². The van der Waals surface area contributed by atoms with Gasteiger partial charge < -0.3 is 15.3 Å². The second kappa shape index (κ2) is 6.58. The van der Waals surface area contributed by atoms with Crippen molar-refractivity contribution in [1.82, 2.24) is 10.2 Å². The molecule has 0 aromatic heterocycles. The van der Waals surface area contributed by atoms with Gasteiger partial charge in [0.15, 0.2) is 0 Å². The maximum absolute atomic E-state index is 11.2.